The molecule has 0 radical (unpaired) electrons. The summed E-state index contributed by atoms with van der Waals surface area (Å²) in [6, 6.07) is 15.0. The molecule has 2 aromatic rings. The number of ether oxygens (including phenoxy) is 2. The maximum atomic E-state index is 11.8. The van der Waals surface area contributed by atoms with Gasteiger partial charge in [-0.25, -0.2) is 9.79 Å². The molecule has 0 atom stereocenters. The maximum Gasteiger partial charge on any atom is 0.412 e. The summed E-state index contributed by atoms with van der Waals surface area (Å²) in [5.41, 5.74) is 2.66. The van der Waals surface area contributed by atoms with Crippen LogP contribution in [-0.4, -0.2) is 25.6 Å². The summed E-state index contributed by atoms with van der Waals surface area (Å²) in [5, 5.41) is 2.68. The zero-order chi connectivity index (χ0) is 16.7. The van der Waals surface area contributed by atoms with Gasteiger partial charge in [-0.2, -0.15) is 0 Å². The number of alkyl carbamates (subject to hydrolysis) is 1. The fourth-order valence-corrected chi connectivity index (χ4v) is 1.93. The minimum absolute atomic E-state index is 0.298. The second kappa shape index (κ2) is 7.98. The first-order chi connectivity index (χ1) is 11.1. The molecule has 0 spiro atoms. The zero-order valence-electron chi connectivity index (χ0n) is 13.5. The molecule has 0 saturated heterocycles. The van der Waals surface area contributed by atoms with Crippen molar-refractivity contribution >= 4 is 17.6 Å². The lowest BCUT2D eigenvalue weighted by Crippen LogP contribution is -2.31. The molecule has 5 nitrogen and oxygen atoms in total. The highest BCUT2D eigenvalue weighted by molar-refractivity contribution is 6.07. The van der Waals surface area contributed by atoms with E-state index < -0.39 is 6.09 Å². The Morgan fingerprint density at radius 2 is 1.74 bits per heavy atom. The van der Waals surface area contributed by atoms with Gasteiger partial charge in [0.25, 0.3) is 0 Å². The van der Waals surface area contributed by atoms with Gasteiger partial charge in [0, 0.05) is 5.56 Å². The Balaban J connectivity index is 2.33. The van der Waals surface area contributed by atoms with Crippen molar-refractivity contribution in [2.24, 2.45) is 4.99 Å². The first-order valence-electron chi connectivity index (χ1n) is 7.36. The molecule has 0 aliphatic heterocycles. The number of carbonyl (C=O) groups is 1. The van der Waals surface area contributed by atoms with Crippen LogP contribution in [0.3, 0.4) is 0 Å². The Kier molecular flexibility index (Phi) is 5.74. The summed E-state index contributed by atoms with van der Waals surface area (Å²) in [6.45, 7) is 4.06. The largest absolute Gasteiger partial charge is 0.497 e. The average Bonchev–Trinajstić information content (AvgIpc) is 2.56. The second-order valence-corrected chi connectivity index (χ2v) is 4.87. The van der Waals surface area contributed by atoms with Gasteiger partial charge in [0.2, 0.25) is 0 Å². The topological polar surface area (TPSA) is 59.9 Å². The Morgan fingerprint density at radius 1 is 1.09 bits per heavy atom. The lowest BCUT2D eigenvalue weighted by molar-refractivity contribution is 0.158. The minimum Gasteiger partial charge on any atom is -0.497 e. The van der Waals surface area contributed by atoms with Gasteiger partial charge in [-0.1, -0.05) is 17.7 Å². The first-order valence-corrected chi connectivity index (χ1v) is 7.36. The Labute approximate surface area is 136 Å². The molecule has 0 fully saturated rings. The molecule has 0 bridgehead atoms. The number of hydrogen-bond acceptors (Lipinski definition) is 4. The molecule has 0 aromatic heterocycles. The highest BCUT2D eigenvalue weighted by Gasteiger charge is 2.10. The molecular formula is C18H20N2O3. The van der Waals surface area contributed by atoms with Gasteiger partial charge in [0.05, 0.1) is 19.4 Å². The third-order valence-corrected chi connectivity index (χ3v) is 3.13. The molecule has 0 saturated carbocycles. The molecule has 0 heterocycles. The summed E-state index contributed by atoms with van der Waals surface area (Å²) >= 11 is 0. The van der Waals surface area contributed by atoms with Crippen LogP contribution in [0.4, 0.5) is 10.5 Å². The van der Waals surface area contributed by atoms with Crippen molar-refractivity contribution in [1.29, 1.82) is 0 Å². The summed E-state index contributed by atoms with van der Waals surface area (Å²) < 4.78 is 10.1. The van der Waals surface area contributed by atoms with Crippen molar-refractivity contribution in [2.75, 3.05) is 13.7 Å². The summed E-state index contributed by atoms with van der Waals surface area (Å²) in [7, 11) is 1.60. The molecule has 120 valence electrons. The highest BCUT2D eigenvalue weighted by atomic mass is 16.5. The van der Waals surface area contributed by atoms with Crippen LogP contribution in [0.1, 0.15) is 18.1 Å². The Hall–Kier alpha value is -2.82. The van der Waals surface area contributed by atoms with E-state index in [4.69, 9.17) is 9.47 Å². The molecular weight excluding hydrogens is 292 g/mol. The minimum atomic E-state index is -0.533. The van der Waals surface area contributed by atoms with Gasteiger partial charge in [0.15, 0.2) is 0 Å². The third kappa shape index (κ3) is 4.85. The standard InChI is InChI=1S/C18H20N2O3/c1-4-23-18(21)20-17(14-7-11-16(22-3)12-8-14)19-15-9-5-13(2)6-10-15/h5-12H,4H2,1-3H3,(H,19,20,21). The quantitative estimate of drug-likeness (QED) is 0.689. The molecule has 0 unspecified atom stereocenters. The van der Waals surface area contributed by atoms with Gasteiger partial charge < -0.3 is 9.47 Å². The van der Waals surface area contributed by atoms with Crippen LogP contribution in [-0.2, 0) is 4.74 Å². The number of aryl methyl sites for hydroxylation is 1. The summed E-state index contributed by atoms with van der Waals surface area (Å²) in [5.74, 6) is 1.16. The van der Waals surface area contributed by atoms with Crippen LogP contribution in [0.5, 0.6) is 5.75 Å². The number of rotatable bonds is 4. The van der Waals surface area contributed by atoms with E-state index in [9.17, 15) is 4.79 Å². The fourth-order valence-electron chi connectivity index (χ4n) is 1.93. The van der Waals surface area contributed by atoms with Crippen molar-refractivity contribution in [3.05, 3.63) is 59.7 Å². The van der Waals surface area contributed by atoms with E-state index in [1.165, 1.54) is 0 Å². The van der Waals surface area contributed by atoms with Crippen molar-refractivity contribution in [3.8, 4) is 5.75 Å². The number of nitrogens with one attached hydrogen (secondary N) is 1. The van der Waals surface area contributed by atoms with Crippen LogP contribution in [0.15, 0.2) is 53.5 Å². The molecule has 2 rings (SSSR count). The fraction of sp³-hybridized carbons (Fsp3) is 0.222. The van der Waals surface area contributed by atoms with E-state index in [1.54, 1.807) is 14.0 Å². The SMILES string of the molecule is CCOC(=O)NC(=Nc1ccc(C)cc1)c1ccc(OC)cc1. The summed E-state index contributed by atoms with van der Waals surface area (Å²) in [6.07, 6.45) is -0.533. The van der Waals surface area contributed by atoms with Gasteiger partial charge >= 0.3 is 6.09 Å². The monoisotopic (exact) mass is 312 g/mol. The molecule has 0 aliphatic carbocycles. The summed E-state index contributed by atoms with van der Waals surface area (Å²) in [4.78, 5) is 16.3. The maximum absolute atomic E-state index is 11.8. The number of hydrogen-bond donors (Lipinski definition) is 1. The van der Waals surface area contributed by atoms with Gasteiger partial charge in [0.1, 0.15) is 11.6 Å². The highest BCUT2D eigenvalue weighted by Crippen LogP contribution is 2.16. The van der Waals surface area contributed by atoms with E-state index >= 15 is 0 Å². The van der Waals surface area contributed by atoms with Gasteiger partial charge in [-0.15, -0.1) is 0 Å². The van der Waals surface area contributed by atoms with Crippen molar-refractivity contribution in [1.82, 2.24) is 5.32 Å². The van der Waals surface area contributed by atoms with Crippen LogP contribution >= 0.6 is 0 Å². The molecule has 5 heteroatoms. The Bertz CT molecular complexity index is 676. The predicted octanol–water partition coefficient (Wildman–Crippen LogP) is 3.83. The molecule has 2 aromatic carbocycles. The lowest BCUT2D eigenvalue weighted by atomic mass is 10.2. The zero-order valence-corrected chi connectivity index (χ0v) is 13.5. The number of amidine groups is 1. The number of carbonyl (C=O) groups excluding carboxylic acids is 1. The number of aliphatic imine (C=N–C) groups is 1. The second-order valence-electron chi connectivity index (χ2n) is 4.87. The van der Waals surface area contributed by atoms with Crippen molar-refractivity contribution < 1.29 is 14.3 Å². The molecule has 0 aliphatic rings. The van der Waals surface area contributed by atoms with Crippen molar-refractivity contribution in [3.63, 3.8) is 0 Å². The third-order valence-electron chi connectivity index (χ3n) is 3.13. The number of amides is 1. The van der Waals surface area contributed by atoms with Crippen LogP contribution in [0.2, 0.25) is 0 Å². The number of benzene rings is 2. The average molecular weight is 312 g/mol. The van der Waals surface area contributed by atoms with E-state index in [0.29, 0.717) is 12.4 Å². The Morgan fingerprint density at radius 3 is 2.30 bits per heavy atom. The van der Waals surface area contributed by atoms with Crippen LogP contribution < -0.4 is 10.1 Å². The van der Waals surface area contributed by atoms with Crippen LogP contribution in [0.25, 0.3) is 0 Å². The van der Waals surface area contributed by atoms with E-state index in [-0.39, 0.29) is 0 Å². The van der Waals surface area contributed by atoms with E-state index in [0.717, 1.165) is 22.6 Å². The molecule has 23 heavy (non-hydrogen) atoms. The smallest absolute Gasteiger partial charge is 0.412 e. The lowest BCUT2D eigenvalue weighted by Gasteiger charge is -2.10. The molecule has 1 N–H and O–H groups in total. The van der Waals surface area contributed by atoms with Gasteiger partial charge in [-0.05, 0) is 50.2 Å². The predicted molar refractivity (Wildman–Crippen MR) is 90.5 cm³/mol. The van der Waals surface area contributed by atoms with E-state index in [2.05, 4.69) is 10.3 Å². The number of nitrogens with zero attached hydrogens (tertiary/aromatic N) is 1. The van der Waals surface area contributed by atoms with E-state index in [1.807, 2.05) is 55.5 Å². The van der Waals surface area contributed by atoms with Gasteiger partial charge in [-0.3, -0.25) is 5.32 Å². The molecule has 1 amide bonds. The first kappa shape index (κ1) is 16.5. The number of methoxy groups -OCH3 is 1. The van der Waals surface area contributed by atoms with Crippen LogP contribution in [0, 0.1) is 6.92 Å². The van der Waals surface area contributed by atoms with Crippen molar-refractivity contribution in [2.45, 2.75) is 13.8 Å². The normalized spacial score (nSPS) is 11.0.